The van der Waals surface area contributed by atoms with E-state index in [1.165, 1.54) is 6.33 Å². The van der Waals surface area contributed by atoms with Crippen molar-refractivity contribution in [1.29, 1.82) is 0 Å². The van der Waals surface area contributed by atoms with Crippen LogP contribution in [0.5, 0.6) is 5.75 Å². The Morgan fingerprint density at radius 3 is 2.53 bits per heavy atom. The van der Waals surface area contributed by atoms with E-state index in [1.54, 1.807) is 16.4 Å². The zero-order valence-electron chi connectivity index (χ0n) is 22.0. The number of rotatable bonds is 9. The molecule has 2 aliphatic rings. The molecule has 0 spiro atoms. The first kappa shape index (κ1) is 25.5. The molecule has 1 saturated carbocycles. The average molecular weight is 516 g/mol. The highest BCUT2D eigenvalue weighted by Gasteiger charge is 2.53. The van der Waals surface area contributed by atoms with Crippen molar-refractivity contribution in [3.05, 3.63) is 82.9 Å². The van der Waals surface area contributed by atoms with Crippen LogP contribution in [0.15, 0.2) is 54.9 Å². The minimum atomic E-state index is -1.10. The second kappa shape index (κ2) is 10.3. The predicted molar refractivity (Wildman–Crippen MR) is 142 cm³/mol. The number of aromatic nitrogens is 2. The van der Waals surface area contributed by atoms with Crippen molar-refractivity contribution in [2.24, 2.45) is 0 Å². The molecule has 9 heteroatoms. The van der Waals surface area contributed by atoms with Gasteiger partial charge in [0.15, 0.2) is 5.69 Å². The zero-order valence-corrected chi connectivity index (χ0v) is 22.0. The summed E-state index contributed by atoms with van der Waals surface area (Å²) in [5.41, 5.74) is 2.16. The van der Waals surface area contributed by atoms with Gasteiger partial charge in [-0.05, 0) is 45.2 Å². The van der Waals surface area contributed by atoms with Crippen LogP contribution in [0, 0.1) is 6.92 Å². The van der Waals surface area contributed by atoms with Crippen molar-refractivity contribution in [2.75, 3.05) is 6.61 Å². The van der Waals surface area contributed by atoms with Crippen LogP contribution in [0.2, 0.25) is 0 Å². The number of carbonyl (C=O) groups excluding carboxylic acids is 3. The summed E-state index contributed by atoms with van der Waals surface area (Å²) in [5, 5.41) is 5.89. The normalized spacial score (nSPS) is 18.6. The van der Waals surface area contributed by atoms with Gasteiger partial charge >= 0.3 is 0 Å². The van der Waals surface area contributed by atoms with E-state index in [4.69, 9.17) is 4.74 Å². The number of aryl methyl sites for hydroxylation is 1. The smallest absolute Gasteiger partial charge is 0.274 e. The largest absolute Gasteiger partial charge is 0.494 e. The van der Waals surface area contributed by atoms with Crippen LogP contribution in [-0.4, -0.2) is 50.4 Å². The summed E-state index contributed by atoms with van der Waals surface area (Å²) in [5.74, 6) is -0.313. The second-order valence-corrected chi connectivity index (χ2v) is 10.1. The Balaban J connectivity index is 1.35. The monoisotopic (exact) mass is 515 g/mol. The van der Waals surface area contributed by atoms with E-state index in [0.717, 1.165) is 29.5 Å². The van der Waals surface area contributed by atoms with Gasteiger partial charge < -0.3 is 24.8 Å². The second-order valence-electron chi connectivity index (χ2n) is 10.1. The van der Waals surface area contributed by atoms with Gasteiger partial charge in [0.2, 0.25) is 5.91 Å². The molecule has 198 valence electrons. The molecule has 2 aromatic carbocycles. The highest BCUT2D eigenvalue weighted by atomic mass is 16.5. The lowest BCUT2D eigenvalue weighted by Gasteiger charge is -2.44. The minimum absolute atomic E-state index is 0.0322. The number of para-hydroxylation sites is 1. The van der Waals surface area contributed by atoms with Crippen molar-refractivity contribution in [1.82, 2.24) is 25.1 Å². The number of amides is 3. The SMILES string of the molecule is CCOc1ccccc1CNC(=O)c1ncn2c1C(=O)N(C1CC1)C(C)(C(=O)NCc1ccc(C)cc1)C2. The van der Waals surface area contributed by atoms with E-state index in [1.807, 2.05) is 62.4 Å². The Morgan fingerprint density at radius 1 is 1.08 bits per heavy atom. The van der Waals surface area contributed by atoms with Crippen molar-refractivity contribution >= 4 is 17.7 Å². The summed E-state index contributed by atoms with van der Waals surface area (Å²) in [6.07, 6.45) is 3.14. The first-order chi connectivity index (χ1) is 18.3. The Kier molecular flexibility index (Phi) is 6.93. The number of hydrogen-bond donors (Lipinski definition) is 2. The number of ether oxygens (including phenoxy) is 1. The van der Waals surface area contributed by atoms with Crippen molar-refractivity contribution in [3.63, 3.8) is 0 Å². The summed E-state index contributed by atoms with van der Waals surface area (Å²) >= 11 is 0. The summed E-state index contributed by atoms with van der Waals surface area (Å²) in [7, 11) is 0. The van der Waals surface area contributed by atoms with E-state index < -0.39 is 11.4 Å². The first-order valence-corrected chi connectivity index (χ1v) is 13.0. The van der Waals surface area contributed by atoms with Crippen LogP contribution in [0.3, 0.4) is 0 Å². The van der Waals surface area contributed by atoms with Crippen LogP contribution in [0.1, 0.15) is 64.4 Å². The Morgan fingerprint density at radius 2 is 1.82 bits per heavy atom. The van der Waals surface area contributed by atoms with E-state index in [9.17, 15) is 14.4 Å². The van der Waals surface area contributed by atoms with Crippen molar-refractivity contribution in [2.45, 2.75) is 64.8 Å². The third-order valence-corrected chi connectivity index (χ3v) is 7.17. The molecule has 5 rings (SSSR count). The maximum absolute atomic E-state index is 13.8. The molecule has 38 heavy (non-hydrogen) atoms. The molecule has 9 nitrogen and oxygen atoms in total. The molecule has 0 radical (unpaired) electrons. The molecular formula is C29H33N5O4. The molecule has 3 aromatic rings. The number of nitrogens with one attached hydrogen (secondary N) is 2. The molecule has 1 aliphatic heterocycles. The molecule has 2 N–H and O–H groups in total. The molecule has 1 unspecified atom stereocenters. The van der Waals surface area contributed by atoms with E-state index in [0.29, 0.717) is 18.9 Å². The quantitative estimate of drug-likeness (QED) is 0.455. The minimum Gasteiger partial charge on any atom is -0.494 e. The third-order valence-electron chi connectivity index (χ3n) is 7.17. The summed E-state index contributed by atoms with van der Waals surface area (Å²) in [6, 6.07) is 15.4. The summed E-state index contributed by atoms with van der Waals surface area (Å²) < 4.78 is 7.28. The lowest BCUT2D eigenvalue weighted by molar-refractivity contribution is -0.133. The topological polar surface area (TPSA) is 106 Å². The fourth-order valence-electron chi connectivity index (χ4n) is 5.01. The third kappa shape index (κ3) is 4.88. The lowest BCUT2D eigenvalue weighted by Crippen LogP contribution is -2.64. The van der Waals surface area contributed by atoms with Gasteiger partial charge in [-0.15, -0.1) is 0 Å². The standard InChI is InChI=1S/C29H33N5O4/c1-4-38-23-8-6-5-7-21(23)16-30-26(35)24-25-27(36)34(22-13-14-22)29(3,17-33(25)18-32-24)28(37)31-15-20-11-9-19(2)10-12-20/h5-12,18,22H,4,13-17H2,1-3H3,(H,30,35)(H,31,37). The zero-order chi connectivity index (χ0) is 26.9. The number of carbonyl (C=O) groups is 3. The van der Waals surface area contributed by atoms with Crippen molar-refractivity contribution in [3.8, 4) is 5.75 Å². The van der Waals surface area contributed by atoms with Gasteiger partial charge in [0.05, 0.1) is 19.5 Å². The molecule has 2 heterocycles. The number of imidazole rings is 1. The molecular weight excluding hydrogens is 482 g/mol. The van der Waals surface area contributed by atoms with E-state index >= 15 is 0 Å². The van der Waals surface area contributed by atoms with Gasteiger partial charge in [0, 0.05) is 24.7 Å². The van der Waals surface area contributed by atoms with Gasteiger partial charge in [0.25, 0.3) is 11.8 Å². The highest BCUT2D eigenvalue weighted by Crippen LogP contribution is 2.39. The maximum atomic E-state index is 13.8. The lowest BCUT2D eigenvalue weighted by atomic mass is 9.93. The maximum Gasteiger partial charge on any atom is 0.274 e. The van der Waals surface area contributed by atoms with Crippen LogP contribution in [0.4, 0.5) is 0 Å². The van der Waals surface area contributed by atoms with Crippen LogP contribution in [-0.2, 0) is 24.4 Å². The Bertz CT molecular complexity index is 1360. The summed E-state index contributed by atoms with van der Waals surface area (Å²) in [4.78, 5) is 46.5. The Labute approximate surface area is 222 Å². The molecule has 1 aromatic heterocycles. The molecule has 1 aliphatic carbocycles. The number of benzene rings is 2. The van der Waals surface area contributed by atoms with Gasteiger partial charge in [-0.3, -0.25) is 14.4 Å². The fourth-order valence-corrected chi connectivity index (χ4v) is 5.01. The molecule has 0 saturated heterocycles. The van der Waals surface area contributed by atoms with Crippen LogP contribution < -0.4 is 15.4 Å². The number of fused-ring (bicyclic) bond motifs is 1. The van der Waals surface area contributed by atoms with E-state index in [-0.39, 0.29) is 42.3 Å². The van der Waals surface area contributed by atoms with E-state index in [2.05, 4.69) is 15.6 Å². The predicted octanol–water partition coefficient (Wildman–Crippen LogP) is 3.21. The van der Waals surface area contributed by atoms with Gasteiger partial charge in [-0.2, -0.15) is 0 Å². The first-order valence-electron chi connectivity index (χ1n) is 13.0. The van der Waals surface area contributed by atoms with Crippen LogP contribution in [0.25, 0.3) is 0 Å². The fraction of sp³-hybridized carbons (Fsp3) is 0.379. The average Bonchev–Trinajstić information content (AvgIpc) is 3.65. The highest BCUT2D eigenvalue weighted by molar-refractivity contribution is 6.07. The molecule has 0 bridgehead atoms. The van der Waals surface area contributed by atoms with Crippen molar-refractivity contribution < 1.29 is 19.1 Å². The molecule has 1 atom stereocenters. The number of nitrogens with zero attached hydrogens (tertiary/aromatic N) is 3. The molecule has 1 fully saturated rings. The van der Waals surface area contributed by atoms with Gasteiger partial charge in [-0.1, -0.05) is 48.0 Å². The molecule has 3 amide bonds. The van der Waals surface area contributed by atoms with Crippen LogP contribution >= 0.6 is 0 Å². The number of hydrogen-bond acceptors (Lipinski definition) is 5. The van der Waals surface area contributed by atoms with Gasteiger partial charge in [-0.25, -0.2) is 4.98 Å². The Hall–Kier alpha value is -4.14. The summed E-state index contributed by atoms with van der Waals surface area (Å²) in [6.45, 7) is 7.05. The van der Waals surface area contributed by atoms with Gasteiger partial charge in [0.1, 0.15) is 17.0 Å².